The molecule has 0 bridgehead atoms. The molecular formula is C6H14N+. The van der Waals surface area contributed by atoms with Crippen LogP contribution in [0.4, 0.5) is 0 Å². The van der Waals surface area contributed by atoms with Gasteiger partial charge in [-0.3, -0.25) is 0 Å². The van der Waals surface area contributed by atoms with E-state index in [1.807, 2.05) is 0 Å². The van der Waals surface area contributed by atoms with E-state index in [0.717, 1.165) is 6.04 Å². The van der Waals surface area contributed by atoms with Crippen LogP contribution in [-0.4, -0.2) is 19.6 Å². The van der Waals surface area contributed by atoms with Crippen LogP contribution >= 0.6 is 0 Å². The van der Waals surface area contributed by atoms with Gasteiger partial charge in [-0.15, -0.1) is 0 Å². The van der Waals surface area contributed by atoms with Gasteiger partial charge in [0.25, 0.3) is 0 Å². The molecule has 0 aromatic heterocycles. The van der Waals surface area contributed by atoms with E-state index in [2.05, 4.69) is 14.0 Å². The molecule has 1 saturated heterocycles. The molecule has 42 valence electrons. The minimum absolute atomic E-state index is 0.931. The van der Waals surface area contributed by atoms with E-state index >= 15 is 0 Å². The minimum atomic E-state index is 0.931. The Labute approximate surface area is 45.3 Å². The van der Waals surface area contributed by atoms with E-state index in [4.69, 9.17) is 0 Å². The standard InChI is InChI=1S/C6H13N/c1-6-4-3-5-7(6)2/h6H,3-5H2,1-2H3/p+1. The second-order valence-corrected chi connectivity index (χ2v) is 2.64. The molecule has 0 spiro atoms. The lowest BCUT2D eigenvalue weighted by Crippen LogP contribution is -3.10. The summed E-state index contributed by atoms with van der Waals surface area (Å²) in [5.74, 6) is 0. The Morgan fingerprint density at radius 3 is 2.43 bits per heavy atom. The fraction of sp³-hybridized carbons (Fsp3) is 1.00. The van der Waals surface area contributed by atoms with Crippen molar-refractivity contribution in [1.29, 1.82) is 0 Å². The Morgan fingerprint density at radius 1 is 1.57 bits per heavy atom. The molecule has 0 saturated carbocycles. The van der Waals surface area contributed by atoms with Gasteiger partial charge in [0.1, 0.15) is 0 Å². The van der Waals surface area contributed by atoms with E-state index < -0.39 is 0 Å². The topological polar surface area (TPSA) is 4.44 Å². The highest BCUT2D eigenvalue weighted by molar-refractivity contribution is 4.53. The van der Waals surface area contributed by atoms with Gasteiger partial charge in [-0.25, -0.2) is 0 Å². The summed E-state index contributed by atoms with van der Waals surface area (Å²) in [6.07, 6.45) is 2.87. The van der Waals surface area contributed by atoms with Crippen molar-refractivity contribution in [3.63, 3.8) is 0 Å². The van der Waals surface area contributed by atoms with Crippen LogP contribution in [0.15, 0.2) is 0 Å². The van der Waals surface area contributed by atoms with Crippen LogP contribution in [0.2, 0.25) is 0 Å². The van der Waals surface area contributed by atoms with Gasteiger partial charge in [-0.1, -0.05) is 0 Å². The van der Waals surface area contributed by atoms with Gasteiger partial charge in [0.15, 0.2) is 0 Å². The molecular weight excluding hydrogens is 86.1 g/mol. The van der Waals surface area contributed by atoms with E-state index in [9.17, 15) is 0 Å². The van der Waals surface area contributed by atoms with Crippen LogP contribution in [0.25, 0.3) is 0 Å². The van der Waals surface area contributed by atoms with Crippen LogP contribution in [0.3, 0.4) is 0 Å². The SMILES string of the molecule is CC1CCC[NH+]1C. The fourth-order valence-corrected chi connectivity index (χ4v) is 1.18. The average Bonchev–Trinajstić information content (AvgIpc) is 1.91. The molecule has 1 fully saturated rings. The van der Waals surface area contributed by atoms with E-state index in [1.165, 1.54) is 19.4 Å². The van der Waals surface area contributed by atoms with Gasteiger partial charge in [-0.2, -0.15) is 0 Å². The van der Waals surface area contributed by atoms with Crippen LogP contribution in [0.1, 0.15) is 19.8 Å². The summed E-state index contributed by atoms with van der Waals surface area (Å²) >= 11 is 0. The smallest absolute Gasteiger partial charge is 0.0846 e. The summed E-state index contributed by atoms with van der Waals surface area (Å²) in [5.41, 5.74) is 0. The maximum absolute atomic E-state index is 2.32. The first-order chi connectivity index (χ1) is 3.30. The molecule has 1 aliphatic heterocycles. The normalized spacial score (nSPS) is 42.0. The predicted molar refractivity (Wildman–Crippen MR) is 30.4 cm³/mol. The number of quaternary nitrogens is 1. The minimum Gasteiger partial charge on any atom is -0.335 e. The molecule has 1 rings (SSSR count). The van der Waals surface area contributed by atoms with Gasteiger partial charge in [0.05, 0.1) is 19.6 Å². The predicted octanol–water partition coefficient (Wildman–Crippen LogP) is -0.317. The number of nitrogens with one attached hydrogen (secondary N) is 1. The van der Waals surface area contributed by atoms with Crippen molar-refractivity contribution >= 4 is 0 Å². The van der Waals surface area contributed by atoms with Crippen LogP contribution in [-0.2, 0) is 0 Å². The summed E-state index contributed by atoms with van der Waals surface area (Å²) in [5, 5.41) is 0. The van der Waals surface area contributed by atoms with Gasteiger partial charge in [0.2, 0.25) is 0 Å². The molecule has 1 aliphatic rings. The Balaban J connectivity index is 2.33. The Kier molecular flexibility index (Phi) is 1.33. The number of hydrogen-bond acceptors (Lipinski definition) is 0. The highest BCUT2D eigenvalue weighted by Gasteiger charge is 2.18. The first-order valence-electron chi connectivity index (χ1n) is 3.13. The van der Waals surface area contributed by atoms with Crippen molar-refractivity contribution in [3.05, 3.63) is 0 Å². The number of likely N-dealkylation sites (tertiary alicyclic amines) is 1. The second kappa shape index (κ2) is 1.83. The zero-order chi connectivity index (χ0) is 5.28. The van der Waals surface area contributed by atoms with E-state index in [1.54, 1.807) is 4.90 Å². The first kappa shape index (κ1) is 5.10. The lowest BCUT2D eigenvalue weighted by molar-refractivity contribution is -0.889. The third-order valence-electron chi connectivity index (χ3n) is 2.05. The summed E-state index contributed by atoms with van der Waals surface area (Å²) in [6.45, 7) is 3.71. The third-order valence-corrected chi connectivity index (χ3v) is 2.05. The zero-order valence-corrected chi connectivity index (χ0v) is 5.20. The largest absolute Gasteiger partial charge is 0.335 e. The van der Waals surface area contributed by atoms with E-state index in [0.29, 0.717) is 0 Å². The lowest BCUT2D eigenvalue weighted by atomic mass is 10.3. The molecule has 0 aliphatic carbocycles. The maximum Gasteiger partial charge on any atom is 0.0846 e. The molecule has 0 aromatic rings. The monoisotopic (exact) mass is 100 g/mol. The molecule has 1 N–H and O–H groups in total. The van der Waals surface area contributed by atoms with Crippen LogP contribution in [0.5, 0.6) is 0 Å². The summed E-state index contributed by atoms with van der Waals surface area (Å²) in [6, 6.07) is 0.931. The van der Waals surface area contributed by atoms with Gasteiger partial charge >= 0.3 is 0 Å². The van der Waals surface area contributed by atoms with Crippen LogP contribution in [0, 0.1) is 0 Å². The van der Waals surface area contributed by atoms with Crippen molar-refractivity contribution in [1.82, 2.24) is 0 Å². The van der Waals surface area contributed by atoms with Crippen LogP contribution < -0.4 is 4.90 Å². The second-order valence-electron chi connectivity index (χ2n) is 2.64. The molecule has 1 heteroatoms. The average molecular weight is 100 g/mol. The fourth-order valence-electron chi connectivity index (χ4n) is 1.18. The van der Waals surface area contributed by atoms with Gasteiger partial charge < -0.3 is 4.90 Å². The molecule has 2 atom stereocenters. The Hall–Kier alpha value is -0.0400. The summed E-state index contributed by atoms with van der Waals surface area (Å²) < 4.78 is 0. The zero-order valence-electron chi connectivity index (χ0n) is 5.20. The molecule has 0 amide bonds. The number of rotatable bonds is 0. The Bertz CT molecular complexity index is 53.2. The van der Waals surface area contributed by atoms with Crippen molar-refractivity contribution in [3.8, 4) is 0 Å². The molecule has 2 unspecified atom stereocenters. The Morgan fingerprint density at radius 2 is 2.29 bits per heavy atom. The molecule has 7 heavy (non-hydrogen) atoms. The highest BCUT2D eigenvalue weighted by Crippen LogP contribution is 1.95. The van der Waals surface area contributed by atoms with E-state index in [-0.39, 0.29) is 0 Å². The third kappa shape index (κ3) is 0.942. The summed E-state index contributed by atoms with van der Waals surface area (Å²) in [4.78, 5) is 1.71. The van der Waals surface area contributed by atoms with Crippen molar-refractivity contribution in [2.75, 3.05) is 13.6 Å². The maximum atomic E-state index is 2.32. The summed E-state index contributed by atoms with van der Waals surface area (Å²) in [7, 11) is 2.28. The van der Waals surface area contributed by atoms with Crippen molar-refractivity contribution < 1.29 is 4.90 Å². The van der Waals surface area contributed by atoms with Crippen molar-refractivity contribution in [2.24, 2.45) is 0 Å². The highest BCUT2D eigenvalue weighted by atomic mass is 15.1. The van der Waals surface area contributed by atoms with Gasteiger partial charge in [-0.05, 0) is 6.92 Å². The lowest BCUT2D eigenvalue weighted by Gasteiger charge is -2.09. The van der Waals surface area contributed by atoms with Crippen molar-refractivity contribution in [2.45, 2.75) is 25.8 Å². The molecule has 1 nitrogen and oxygen atoms in total. The quantitative estimate of drug-likeness (QED) is 0.425. The molecule has 0 aromatic carbocycles. The molecule has 1 heterocycles. The number of hydrogen-bond donors (Lipinski definition) is 1. The first-order valence-corrected chi connectivity index (χ1v) is 3.13. The van der Waals surface area contributed by atoms with Gasteiger partial charge in [0, 0.05) is 12.8 Å². The molecule has 0 radical (unpaired) electrons.